The third-order valence-electron chi connectivity index (χ3n) is 3.27. The van der Waals surface area contributed by atoms with Crippen molar-refractivity contribution in [2.24, 2.45) is 0 Å². The molecule has 4 rings (SSSR count). The number of carbonyl (C=O) groups excluding carboxylic acids is 1. The summed E-state index contributed by atoms with van der Waals surface area (Å²) in [7, 11) is 0. The molecule has 2 heterocycles. The fourth-order valence-electron chi connectivity index (χ4n) is 2.13. The van der Waals surface area contributed by atoms with Crippen LogP contribution in [0.5, 0.6) is 0 Å². The van der Waals surface area contributed by atoms with Crippen LogP contribution < -0.4 is 0 Å². The summed E-state index contributed by atoms with van der Waals surface area (Å²) in [6.45, 7) is 0. The first kappa shape index (κ1) is 14.7. The molecule has 0 aliphatic carbocycles. The molecule has 0 fully saturated rings. The van der Waals surface area contributed by atoms with Gasteiger partial charge in [-0.05, 0) is 24.3 Å². The van der Waals surface area contributed by atoms with Gasteiger partial charge in [-0.3, -0.25) is 14.3 Å². The van der Waals surface area contributed by atoms with E-state index in [0.29, 0.717) is 5.56 Å². The van der Waals surface area contributed by atoms with Gasteiger partial charge in [0.15, 0.2) is 0 Å². The normalized spacial score (nSPS) is 9.91. The standard InChI is InChI=1S/C10H8N2O.C9H7N/c13-10(12-7-6-11-8-12)9-4-2-1-3-5-9;1-2-6-9-8(4-1)5-3-7-10-9/h1-8H;1-7H. The number of pyridine rings is 1. The zero-order valence-electron chi connectivity index (χ0n) is 12.4. The first-order valence-electron chi connectivity index (χ1n) is 7.22. The van der Waals surface area contributed by atoms with Gasteiger partial charge in [-0.15, -0.1) is 0 Å². The zero-order valence-corrected chi connectivity index (χ0v) is 12.4. The molecule has 0 radical (unpaired) electrons. The smallest absolute Gasteiger partial charge is 0.263 e. The Bertz CT molecular complexity index is 821. The number of carbonyl (C=O) groups is 1. The Kier molecular flexibility index (Phi) is 4.55. The lowest BCUT2D eigenvalue weighted by atomic mass is 10.2. The Morgan fingerprint density at radius 1 is 0.826 bits per heavy atom. The second-order valence-corrected chi connectivity index (χ2v) is 4.84. The first-order valence-corrected chi connectivity index (χ1v) is 7.22. The van der Waals surface area contributed by atoms with Crippen molar-refractivity contribution < 1.29 is 4.79 Å². The number of hydrogen-bond donors (Lipinski definition) is 0. The van der Waals surface area contributed by atoms with Crippen molar-refractivity contribution in [1.82, 2.24) is 14.5 Å². The Morgan fingerprint density at radius 2 is 1.57 bits per heavy atom. The van der Waals surface area contributed by atoms with Gasteiger partial charge in [0.1, 0.15) is 6.33 Å². The van der Waals surface area contributed by atoms with Crippen LogP contribution >= 0.6 is 0 Å². The molecular formula is C19H15N3O. The molecule has 112 valence electrons. The molecule has 4 aromatic rings. The van der Waals surface area contributed by atoms with E-state index in [0.717, 1.165) is 5.52 Å². The number of fused-ring (bicyclic) bond motifs is 1. The third-order valence-corrected chi connectivity index (χ3v) is 3.27. The average molecular weight is 301 g/mol. The highest BCUT2D eigenvalue weighted by molar-refractivity contribution is 5.95. The number of benzene rings is 2. The summed E-state index contributed by atoms with van der Waals surface area (Å²) in [5, 5.41) is 1.20. The number of rotatable bonds is 1. The van der Waals surface area contributed by atoms with Crippen LogP contribution in [-0.2, 0) is 0 Å². The molecule has 0 bridgehead atoms. The second kappa shape index (κ2) is 7.13. The number of nitrogens with zero attached hydrogens (tertiary/aromatic N) is 3. The topological polar surface area (TPSA) is 47.8 Å². The highest BCUT2D eigenvalue weighted by Gasteiger charge is 2.05. The van der Waals surface area contributed by atoms with Crippen molar-refractivity contribution in [2.45, 2.75) is 0 Å². The van der Waals surface area contributed by atoms with Gasteiger partial charge in [0, 0.05) is 29.5 Å². The summed E-state index contributed by atoms with van der Waals surface area (Å²) in [5.74, 6) is -0.0573. The van der Waals surface area contributed by atoms with Crippen LogP contribution in [0.25, 0.3) is 10.9 Å². The number of imidazole rings is 1. The maximum Gasteiger partial charge on any atom is 0.263 e. The van der Waals surface area contributed by atoms with Gasteiger partial charge < -0.3 is 0 Å². The maximum absolute atomic E-state index is 11.6. The van der Waals surface area contributed by atoms with E-state index in [9.17, 15) is 4.79 Å². The summed E-state index contributed by atoms with van der Waals surface area (Å²) in [6, 6.07) is 21.2. The first-order chi connectivity index (χ1) is 11.3. The van der Waals surface area contributed by atoms with Crippen LogP contribution in [0.4, 0.5) is 0 Å². The van der Waals surface area contributed by atoms with Crippen molar-refractivity contribution >= 4 is 16.8 Å². The van der Waals surface area contributed by atoms with E-state index < -0.39 is 0 Å². The van der Waals surface area contributed by atoms with Crippen LogP contribution in [0.2, 0.25) is 0 Å². The van der Waals surface area contributed by atoms with E-state index in [2.05, 4.69) is 22.1 Å². The van der Waals surface area contributed by atoms with Crippen LogP contribution in [0, 0.1) is 0 Å². The Hall–Kier alpha value is -3.27. The fourth-order valence-corrected chi connectivity index (χ4v) is 2.13. The van der Waals surface area contributed by atoms with Crippen molar-refractivity contribution in [3.05, 3.63) is 97.2 Å². The highest BCUT2D eigenvalue weighted by atomic mass is 16.2. The lowest BCUT2D eigenvalue weighted by Gasteiger charge is -1.99. The Morgan fingerprint density at radius 3 is 2.30 bits per heavy atom. The molecule has 0 saturated heterocycles. The number of aromatic nitrogens is 3. The quantitative estimate of drug-likeness (QED) is 0.537. The van der Waals surface area contributed by atoms with Crippen molar-refractivity contribution in [3.8, 4) is 0 Å². The molecule has 0 amide bonds. The average Bonchev–Trinajstić information content (AvgIpc) is 3.17. The highest BCUT2D eigenvalue weighted by Crippen LogP contribution is 2.08. The van der Waals surface area contributed by atoms with Crippen LogP contribution in [0.3, 0.4) is 0 Å². The van der Waals surface area contributed by atoms with Crippen LogP contribution in [-0.4, -0.2) is 20.4 Å². The molecule has 0 N–H and O–H groups in total. The van der Waals surface area contributed by atoms with E-state index in [1.54, 1.807) is 24.5 Å². The summed E-state index contributed by atoms with van der Waals surface area (Å²) in [5.41, 5.74) is 1.73. The molecular weight excluding hydrogens is 286 g/mol. The molecule has 0 aliphatic heterocycles. The van der Waals surface area contributed by atoms with Gasteiger partial charge in [0.05, 0.1) is 5.52 Å². The molecule has 2 aromatic heterocycles. The van der Waals surface area contributed by atoms with Gasteiger partial charge >= 0.3 is 0 Å². The number of hydrogen-bond acceptors (Lipinski definition) is 3. The predicted octanol–water partition coefficient (Wildman–Crippen LogP) is 3.81. The third kappa shape index (κ3) is 3.68. The predicted molar refractivity (Wildman–Crippen MR) is 90.1 cm³/mol. The molecule has 0 unspecified atom stereocenters. The lowest BCUT2D eigenvalue weighted by Crippen LogP contribution is -2.08. The molecule has 4 heteroatoms. The minimum Gasteiger partial charge on any atom is -0.272 e. The largest absolute Gasteiger partial charge is 0.272 e. The van der Waals surface area contributed by atoms with Crippen LogP contribution in [0.15, 0.2) is 91.6 Å². The van der Waals surface area contributed by atoms with Crippen molar-refractivity contribution in [3.63, 3.8) is 0 Å². The molecule has 23 heavy (non-hydrogen) atoms. The molecule has 0 aliphatic rings. The minimum atomic E-state index is -0.0573. The van der Waals surface area contributed by atoms with Gasteiger partial charge in [-0.2, -0.15) is 0 Å². The van der Waals surface area contributed by atoms with Crippen LogP contribution in [0.1, 0.15) is 10.4 Å². The van der Waals surface area contributed by atoms with Crippen molar-refractivity contribution in [1.29, 1.82) is 0 Å². The summed E-state index contributed by atoms with van der Waals surface area (Å²) in [6.07, 6.45) is 6.52. The minimum absolute atomic E-state index is 0.0573. The Balaban J connectivity index is 0.000000140. The van der Waals surface area contributed by atoms with E-state index >= 15 is 0 Å². The van der Waals surface area contributed by atoms with E-state index in [1.165, 1.54) is 16.3 Å². The Labute approximate surface area is 134 Å². The van der Waals surface area contributed by atoms with E-state index in [-0.39, 0.29) is 5.91 Å². The van der Waals surface area contributed by atoms with Gasteiger partial charge in [0.25, 0.3) is 5.91 Å². The molecule has 0 atom stereocenters. The fraction of sp³-hybridized carbons (Fsp3) is 0. The van der Waals surface area contributed by atoms with Gasteiger partial charge in [0.2, 0.25) is 0 Å². The summed E-state index contributed by atoms with van der Waals surface area (Å²) in [4.78, 5) is 19.6. The molecule has 2 aromatic carbocycles. The SMILES string of the molecule is O=C(c1ccccc1)n1ccnc1.c1ccc2ncccc2c1. The molecule has 4 nitrogen and oxygen atoms in total. The number of para-hydroxylation sites is 1. The monoisotopic (exact) mass is 301 g/mol. The van der Waals surface area contributed by atoms with Gasteiger partial charge in [-0.25, -0.2) is 4.98 Å². The second-order valence-electron chi connectivity index (χ2n) is 4.84. The maximum atomic E-state index is 11.6. The van der Waals surface area contributed by atoms with E-state index in [4.69, 9.17) is 0 Å². The summed E-state index contributed by atoms with van der Waals surface area (Å²) >= 11 is 0. The van der Waals surface area contributed by atoms with E-state index in [1.807, 2.05) is 48.7 Å². The molecule has 0 spiro atoms. The van der Waals surface area contributed by atoms with Crippen molar-refractivity contribution in [2.75, 3.05) is 0 Å². The molecule has 0 saturated carbocycles. The summed E-state index contributed by atoms with van der Waals surface area (Å²) < 4.78 is 1.45. The van der Waals surface area contributed by atoms with Gasteiger partial charge in [-0.1, -0.05) is 42.5 Å². The lowest BCUT2D eigenvalue weighted by molar-refractivity contribution is 0.0960. The zero-order chi connectivity index (χ0) is 15.9.